The molecular weight excluding hydrogens is 368 g/mol. The highest BCUT2D eigenvalue weighted by Crippen LogP contribution is 2.35. The van der Waals surface area contributed by atoms with Gasteiger partial charge in [-0.05, 0) is 24.3 Å². The molecule has 8 nitrogen and oxygen atoms in total. The Balaban J connectivity index is 2.36. The van der Waals surface area contributed by atoms with E-state index in [0.29, 0.717) is 0 Å². The van der Waals surface area contributed by atoms with Gasteiger partial charge in [0.15, 0.2) is 0 Å². The molecular formula is C20H10O8. The normalized spacial score (nSPS) is 11.4. The number of ether oxygens (including phenoxy) is 2. The summed E-state index contributed by atoms with van der Waals surface area (Å²) in [7, 11) is 2.24. The van der Waals surface area contributed by atoms with Crippen LogP contribution in [0.15, 0.2) is 43.4 Å². The van der Waals surface area contributed by atoms with E-state index in [-0.39, 0.29) is 43.8 Å². The lowest BCUT2D eigenvalue weighted by molar-refractivity contribution is 0.0592. The van der Waals surface area contributed by atoms with E-state index in [9.17, 15) is 28.8 Å². The second kappa shape index (κ2) is 5.78. The van der Waals surface area contributed by atoms with Crippen molar-refractivity contribution >= 4 is 33.5 Å². The molecule has 0 amide bonds. The van der Waals surface area contributed by atoms with Crippen LogP contribution in [0.2, 0.25) is 0 Å². The minimum Gasteiger partial charge on any atom is -0.465 e. The van der Waals surface area contributed by atoms with Crippen molar-refractivity contribution in [2.75, 3.05) is 14.2 Å². The number of carbonyl (C=O) groups is 2. The summed E-state index contributed by atoms with van der Waals surface area (Å²) >= 11 is 0. The molecule has 2 aliphatic carbocycles. The summed E-state index contributed by atoms with van der Waals surface area (Å²) in [6.45, 7) is 0. The number of hydrogen-bond donors (Lipinski definition) is 0. The van der Waals surface area contributed by atoms with E-state index in [1.807, 2.05) is 0 Å². The molecule has 0 spiro atoms. The van der Waals surface area contributed by atoms with Crippen molar-refractivity contribution in [1.82, 2.24) is 0 Å². The summed E-state index contributed by atoms with van der Waals surface area (Å²) in [5.41, 5.74) is -3.87. The van der Waals surface area contributed by atoms with Crippen molar-refractivity contribution in [3.8, 4) is 11.1 Å². The molecule has 0 radical (unpaired) electrons. The number of hydrogen-bond acceptors (Lipinski definition) is 8. The zero-order valence-corrected chi connectivity index (χ0v) is 14.6. The fourth-order valence-corrected chi connectivity index (χ4v) is 3.50. The Hall–Kier alpha value is -3.94. The predicted octanol–water partition coefficient (Wildman–Crippen LogP) is 0.425. The first-order valence-electron chi connectivity index (χ1n) is 8.01. The number of carbonyl (C=O) groups excluding carboxylic acids is 2. The number of benzene rings is 4. The molecule has 0 heterocycles. The molecule has 138 valence electrons. The third-order valence-corrected chi connectivity index (χ3v) is 4.76. The zero-order chi connectivity index (χ0) is 20.3. The zero-order valence-electron chi connectivity index (χ0n) is 14.6. The predicted molar refractivity (Wildman–Crippen MR) is 99.4 cm³/mol. The lowest BCUT2D eigenvalue weighted by Crippen LogP contribution is -2.32. The van der Waals surface area contributed by atoms with E-state index in [1.165, 1.54) is 0 Å². The van der Waals surface area contributed by atoms with Crippen LogP contribution in [-0.4, -0.2) is 26.2 Å². The molecule has 0 unspecified atom stereocenters. The molecule has 2 aromatic carbocycles. The lowest BCUT2D eigenvalue weighted by atomic mass is 9.85. The van der Waals surface area contributed by atoms with Crippen molar-refractivity contribution < 1.29 is 19.1 Å². The van der Waals surface area contributed by atoms with Gasteiger partial charge >= 0.3 is 11.9 Å². The Kier molecular flexibility index (Phi) is 3.61. The van der Waals surface area contributed by atoms with Crippen molar-refractivity contribution in [1.29, 1.82) is 0 Å². The topological polar surface area (TPSA) is 121 Å². The summed E-state index contributed by atoms with van der Waals surface area (Å²) in [5, 5.41) is -0.654. The molecule has 0 atom stereocenters. The quantitative estimate of drug-likeness (QED) is 0.280. The minimum atomic E-state index is -0.954. The van der Waals surface area contributed by atoms with Gasteiger partial charge in [0, 0.05) is 32.7 Å². The fourth-order valence-electron chi connectivity index (χ4n) is 3.50. The third kappa shape index (κ3) is 2.11. The van der Waals surface area contributed by atoms with Gasteiger partial charge in [0.2, 0.25) is 21.7 Å². The van der Waals surface area contributed by atoms with Gasteiger partial charge in [0.05, 0.1) is 25.3 Å². The first-order valence-corrected chi connectivity index (χ1v) is 8.01. The average Bonchev–Trinajstić information content (AvgIpc) is 2.72. The van der Waals surface area contributed by atoms with Crippen LogP contribution in [-0.2, 0) is 9.47 Å². The molecule has 0 saturated heterocycles. The molecule has 4 rings (SSSR count). The maximum atomic E-state index is 12.7. The van der Waals surface area contributed by atoms with E-state index in [0.717, 1.165) is 38.5 Å². The van der Waals surface area contributed by atoms with Gasteiger partial charge in [0.25, 0.3) is 0 Å². The van der Waals surface area contributed by atoms with E-state index in [4.69, 9.17) is 0 Å². The van der Waals surface area contributed by atoms with Crippen LogP contribution in [0, 0.1) is 0 Å². The summed E-state index contributed by atoms with van der Waals surface area (Å²) in [6.07, 6.45) is 0. The molecule has 0 aliphatic heterocycles. The van der Waals surface area contributed by atoms with E-state index in [1.54, 1.807) is 0 Å². The van der Waals surface area contributed by atoms with E-state index >= 15 is 0 Å². The van der Waals surface area contributed by atoms with Crippen molar-refractivity contribution in [2.24, 2.45) is 0 Å². The highest BCUT2D eigenvalue weighted by Gasteiger charge is 2.27. The van der Waals surface area contributed by atoms with Crippen molar-refractivity contribution in [3.05, 3.63) is 76.3 Å². The lowest BCUT2D eigenvalue weighted by Gasteiger charge is -2.16. The Bertz CT molecular complexity index is 1280. The van der Waals surface area contributed by atoms with Gasteiger partial charge in [-0.2, -0.15) is 0 Å². The first-order chi connectivity index (χ1) is 13.3. The van der Waals surface area contributed by atoms with Gasteiger partial charge in [-0.15, -0.1) is 0 Å². The van der Waals surface area contributed by atoms with Crippen molar-refractivity contribution in [3.63, 3.8) is 0 Å². The number of methoxy groups -OCH3 is 2. The van der Waals surface area contributed by atoms with Crippen LogP contribution >= 0.6 is 0 Å². The van der Waals surface area contributed by atoms with Gasteiger partial charge in [-0.25, -0.2) is 9.59 Å². The summed E-state index contributed by atoms with van der Waals surface area (Å²) < 4.78 is 9.21. The molecule has 0 bridgehead atoms. The molecule has 28 heavy (non-hydrogen) atoms. The first kappa shape index (κ1) is 17.5. The Morgan fingerprint density at radius 2 is 0.821 bits per heavy atom. The SMILES string of the molecule is COC(=O)c1cc2c3c(c1)c(=O)c(=O)c1cc(C(=O)OC)cc(c1-3)c(=O)c2=O. The average molecular weight is 378 g/mol. The third-order valence-electron chi connectivity index (χ3n) is 4.76. The van der Waals surface area contributed by atoms with Crippen LogP contribution in [0.1, 0.15) is 20.7 Å². The van der Waals surface area contributed by atoms with Crippen LogP contribution in [0.5, 0.6) is 0 Å². The molecule has 2 aromatic rings. The molecule has 8 heteroatoms. The van der Waals surface area contributed by atoms with Crippen LogP contribution in [0.25, 0.3) is 32.7 Å². The molecule has 2 aliphatic rings. The monoisotopic (exact) mass is 378 g/mol. The summed E-state index contributed by atoms with van der Waals surface area (Å²) in [4.78, 5) is 74.4. The second-order valence-electron chi connectivity index (χ2n) is 6.19. The largest absolute Gasteiger partial charge is 0.465 e. The van der Waals surface area contributed by atoms with Gasteiger partial charge < -0.3 is 9.47 Å². The smallest absolute Gasteiger partial charge is 0.337 e. The van der Waals surface area contributed by atoms with Gasteiger partial charge in [0.1, 0.15) is 0 Å². The standard InChI is InChI=1S/C20H10O8/c1-27-19(25)7-3-9-13-10(4-7)16(22)18(24)12-6-8(20(26)28-2)5-11(14(12)13)17(23)15(9)21/h3-6H,1-2H3. The number of esters is 2. The second-order valence-corrected chi connectivity index (χ2v) is 6.19. The van der Waals surface area contributed by atoms with Crippen LogP contribution < -0.4 is 21.7 Å². The van der Waals surface area contributed by atoms with Crippen LogP contribution in [0.3, 0.4) is 0 Å². The van der Waals surface area contributed by atoms with Gasteiger partial charge in [-0.3, -0.25) is 19.2 Å². The summed E-state index contributed by atoms with van der Waals surface area (Å²) in [5.74, 6) is -1.64. The molecule has 0 fully saturated rings. The Labute approximate surface area is 154 Å². The van der Waals surface area contributed by atoms with Gasteiger partial charge in [-0.1, -0.05) is 0 Å². The maximum absolute atomic E-state index is 12.7. The Morgan fingerprint density at radius 1 is 0.571 bits per heavy atom. The maximum Gasteiger partial charge on any atom is 0.337 e. The molecule has 0 N–H and O–H groups in total. The Morgan fingerprint density at radius 3 is 1.04 bits per heavy atom. The van der Waals surface area contributed by atoms with Crippen molar-refractivity contribution in [2.45, 2.75) is 0 Å². The van der Waals surface area contributed by atoms with Crippen LogP contribution in [0.4, 0.5) is 0 Å². The van der Waals surface area contributed by atoms with E-state index in [2.05, 4.69) is 9.47 Å². The highest BCUT2D eigenvalue weighted by atomic mass is 16.5. The summed E-state index contributed by atoms with van der Waals surface area (Å²) in [6, 6.07) is 4.65. The fraction of sp³-hybridized carbons (Fsp3) is 0.100. The number of rotatable bonds is 2. The minimum absolute atomic E-state index is 0.100. The highest BCUT2D eigenvalue weighted by molar-refractivity contribution is 6.14. The van der Waals surface area contributed by atoms with E-state index < -0.39 is 33.7 Å². The molecule has 0 saturated carbocycles. The molecule has 0 aromatic heterocycles.